The van der Waals surface area contributed by atoms with Crippen LogP contribution in [0.4, 0.5) is 0 Å². The maximum atomic E-state index is 12.3. The highest BCUT2D eigenvalue weighted by Crippen LogP contribution is 2.32. The molecule has 1 N–H and O–H groups in total. The van der Waals surface area contributed by atoms with E-state index in [2.05, 4.69) is 38.2 Å². The summed E-state index contributed by atoms with van der Waals surface area (Å²) >= 11 is 2.33. The first-order chi connectivity index (χ1) is 8.60. The second-order valence-electron chi connectivity index (χ2n) is 5.14. The van der Waals surface area contributed by atoms with Gasteiger partial charge in [0.05, 0.1) is 0 Å². The van der Waals surface area contributed by atoms with E-state index in [-0.39, 0.29) is 11.3 Å². The summed E-state index contributed by atoms with van der Waals surface area (Å²) in [6.07, 6.45) is 1.88. The first-order valence-electron chi connectivity index (χ1n) is 6.33. The van der Waals surface area contributed by atoms with Gasteiger partial charge in [-0.2, -0.15) is 0 Å². The zero-order chi connectivity index (χ0) is 13.0. The Bertz CT molecular complexity index is 400. The van der Waals surface area contributed by atoms with Gasteiger partial charge >= 0.3 is 0 Å². The molecule has 1 heterocycles. The molecule has 0 radical (unpaired) electrons. The molecule has 0 saturated carbocycles. The van der Waals surface area contributed by atoms with Gasteiger partial charge in [-0.3, -0.25) is 4.79 Å². The number of hydrogen-bond donors (Lipinski definition) is 1. The summed E-state index contributed by atoms with van der Waals surface area (Å²) < 4.78 is 2.25. The van der Waals surface area contributed by atoms with E-state index in [1.807, 2.05) is 30.3 Å². The third-order valence-electron chi connectivity index (χ3n) is 3.66. The maximum Gasteiger partial charge on any atom is 0.226 e. The molecule has 1 amide bonds. The molecular weight excluding hydrogens is 339 g/mol. The van der Waals surface area contributed by atoms with E-state index in [0.29, 0.717) is 6.54 Å². The topological polar surface area (TPSA) is 32.3 Å². The first kappa shape index (κ1) is 13.8. The van der Waals surface area contributed by atoms with Crippen LogP contribution in [0.15, 0.2) is 30.3 Å². The van der Waals surface area contributed by atoms with Crippen LogP contribution in [0.25, 0.3) is 0 Å². The Kier molecular flexibility index (Phi) is 4.61. The van der Waals surface area contributed by atoms with Crippen LogP contribution in [0, 0.1) is 5.41 Å². The molecule has 1 saturated heterocycles. The molecule has 0 atom stereocenters. The summed E-state index contributed by atoms with van der Waals surface area (Å²) in [4.78, 5) is 12.3. The lowest BCUT2D eigenvalue weighted by Crippen LogP contribution is -2.44. The molecule has 0 unspecified atom stereocenters. The van der Waals surface area contributed by atoms with Crippen molar-refractivity contribution in [3.8, 4) is 0 Å². The van der Waals surface area contributed by atoms with Crippen molar-refractivity contribution in [3.05, 3.63) is 35.9 Å². The zero-order valence-electron chi connectivity index (χ0n) is 10.7. The van der Waals surface area contributed by atoms with E-state index in [0.717, 1.165) is 31.5 Å². The number of piperidine rings is 1. The normalized spacial score (nSPS) is 19.4. The van der Waals surface area contributed by atoms with Crippen molar-refractivity contribution in [3.63, 3.8) is 0 Å². The van der Waals surface area contributed by atoms with Gasteiger partial charge in [0.1, 0.15) is 0 Å². The molecule has 3 nitrogen and oxygen atoms in total. The highest BCUT2D eigenvalue weighted by Gasteiger charge is 2.36. The third kappa shape index (κ3) is 3.45. The van der Waals surface area contributed by atoms with Crippen LogP contribution in [0.5, 0.6) is 0 Å². The van der Waals surface area contributed by atoms with E-state index < -0.39 is 0 Å². The Morgan fingerprint density at radius 2 is 1.94 bits per heavy atom. The number of amides is 1. The van der Waals surface area contributed by atoms with Crippen molar-refractivity contribution in [1.82, 2.24) is 8.43 Å². The summed E-state index contributed by atoms with van der Waals surface area (Å²) in [6, 6.07) is 10.1. The van der Waals surface area contributed by atoms with E-state index >= 15 is 0 Å². The minimum atomic E-state index is -0.198. The van der Waals surface area contributed by atoms with Gasteiger partial charge in [0.2, 0.25) is 5.91 Å². The van der Waals surface area contributed by atoms with Gasteiger partial charge in [-0.15, -0.1) is 0 Å². The molecule has 1 fully saturated rings. The Morgan fingerprint density at radius 3 is 2.56 bits per heavy atom. The Morgan fingerprint density at radius 1 is 1.33 bits per heavy atom. The molecule has 18 heavy (non-hydrogen) atoms. The number of carbonyl (C=O) groups is 1. The molecule has 4 heteroatoms. The van der Waals surface area contributed by atoms with Crippen molar-refractivity contribution in [2.45, 2.75) is 26.3 Å². The quantitative estimate of drug-likeness (QED) is 0.666. The first-order valence-corrected chi connectivity index (χ1v) is 7.30. The second-order valence-corrected chi connectivity index (χ2v) is 6.50. The van der Waals surface area contributed by atoms with Crippen LogP contribution in [0.1, 0.15) is 25.3 Å². The summed E-state index contributed by atoms with van der Waals surface area (Å²) in [5, 5.41) is 3.06. The molecule has 2 rings (SSSR count). The minimum absolute atomic E-state index is 0.191. The van der Waals surface area contributed by atoms with Crippen molar-refractivity contribution >= 4 is 28.8 Å². The molecule has 1 aromatic rings. The van der Waals surface area contributed by atoms with Crippen LogP contribution in [0.2, 0.25) is 0 Å². The van der Waals surface area contributed by atoms with Gasteiger partial charge < -0.3 is 5.32 Å². The maximum absolute atomic E-state index is 12.3. The highest BCUT2D eigenvalue weighted by atomic mass is 127. The molecular formula is C14H19IN2O. The molecule has 0 bridgehead atoms. The number of carbonyl (C=O) groups excluding carboxylic acids is 1. The number of benzene rings is 1. The lowest BCUT2D eigenvalue weighted by atomic mass is 9.80. The van der Waals surface area contributed by atoms with E-state index in [1.165, 1.54) is 0 Å². The van der Waals surface area contributed by atoms with E-state index in [9.17, 15) is 4.79 Å². The molecule has 1 aliphatic rings. The highest BCUT2D eigenvalue weighted by molar-refractivity contribution is 14.1. The van der Waals surface area contributed by atoms with Gasteiger partial charge in [0.15, 0.2) is 0 Å². The number of rotatable bonds is 3. The monoisotopic (exact) mass is 358 g/mol. The number of hydrogen-bond acceptors (Lipinski definition) is 2. The summed E-state index contributed by atoms with van der Waals surface area (Å²) in [7, 11) is 0. The molecule has 98 valence electrons. The number of nitrogens with zero attached hydrogens (tertiary/aromatic N) is 1. The lowest BCUT2D eigenvalue weighted by Gasteiger charge is -2.35. The Labute approximate surface area is 122 Å². The van der Waals surface area contributed by atoms with Gasteiger partial charge in [0, 0.05) is 47.9 Å². The van der Waals surface area contributed by atoms with E-state index in [4.69, 9.17) is 0 Å². The number of halogens is 1. The van der Waals surface area contributed by atoms with Crippen LogP contribution in [0.3, 0.4) is 0 Å². The molecule has 0 spiro atoms. The standard InChI is InChI=1S/C14H19IN2O/c1-14(7-9-17(15)10-8-14)13(18)16-11-12-5-3-2-4-6-12/h2-6H,7-11H2,1H3,(H,16,18). The van der Waals surface area contributed by atoms with Gasteiger partial charge in [-0.05, 0) is 18.4 Å². The average molecular weight is 358 g/mol. The zero-order valence-corrected chi connectivity index (χ0v) is 12.8. The molecule has 1 aromatic carbocycles. The minimum Gasteiger partial charge on any atom is -0.352 e. The third-order valence-corrected chi connectivity index (χ3v) is 4.62. The van der Waals surface area contributed by atoms with Gasteiger partial charge in [-0.25, -0.2) is 3.11 Å². The van der Waals surface area contributed by atoms with Crippen molar-refractivity contribution < 1.29 is 4.79 Å². The molecule has 0 aliphatic carbocycles. The van der Waals surface area contributed by atoms with Crippen molar-refractivity contribution in [2.75, 3.05) is 13.1 Å². The fourth-order valence-electron chi connectivity index (χ4n) is 2.19. The Balaban J connectivity index is 1.88. The lowest BCUT2D eigenvalue weighted by molar-refractivity contribution is -0.132. The SMILES string of the molecule is CC1(C(=O)NCc2ccccc2)CCN(I)CC1. The summed E-state index contributed by atoms with van der Waals surface area (Å²) in [6.45, 7) is 4.70. The smallest absolute Gasteiger partial charge is 0.226 e. The van der Waals surface area contributed by atoms with Crippen LogP contribution in [-0.2, 0) is 11.3 Å². The predicted octanol–water partition coefficient (Wildman–Crippen LogP) is 2.75. The van der Waals surface area contributed by atoms with Crippen LogP contribution in [-0.4, -0.2) is 22.1 Å². The second kappa shape index (κ2) is 6.02. The fourth-order valence-corrected chi connectivity index (χ4v) is 2.67. The van der Waals surface area contributed by atoms with Crippen LogP contribution < -0.4 is 5.32 Å². The van der Waals surface area contributed by atoms with Gasteiger partial charge in [0.25, 0.3) is 0 Å². The molecule has 1 aliphatic heterocycles. The average Bonchev–Trinajstić information content (AvgIpc) is 2.41. The largest absolute Gasteiger partial charge is 0.352 e. The Hall–Kier alpha value is -0.620. The predicted molar refractivity (Wildman–Crippen MR) is 81.2 cm³/mol. The summed E-state index contributed by atoms with van der Waals surface area (Å²) in [5.74, 6) is 0.191. The van der Waals surface area contributed by atoms with E-state index in [1.54, 1.807) is 0 Å². The van der Waals surface area contributed by atoms with Crippen molar-refractivity contribution in [2.24, 2.45) is 5.41 Å². The summed E-state index contributed by atoms with van der Waals surface area (Å²) in [5.41, 5.74) is 0.956. The van der Waals surface area contributed by atoms with Crippen LogP contribution >= 0.6 is 22.9 Å². The number of nitrogens with one attached hydrogen (secondary N) is 1. The molecule has 0 aromatic heterocycles. The van der Waals surface area contributed by atoms with Crippen molar-refractivity contribution in [1.29, 1.82) is 0 Å². The van der Waals surface area contributed by atoms with Gasteiger partial charge in [-0.1, -0.05) is 37.3 Å². The fraction of sp³-hybridized carbons (Fsp3) is 0.500.